The Balaban J connectivity index is 1.53. The van der Waals surface area contributed by atoms with E-state index in [-0.39, 0.29) is 5.56 Å². The maximum atomic E-state index is 13.2. The standard InChI is InChI=1S/C23H20N6O/c30-22-15-9-3-5-11-17(15)24-23-26-21(16-10-4-6-12-19(16)29(22)23)25-20-13-18(27-28-20)14-7-1-2-8-14/h3-6,9-14H,1-2,7-8H2,(H2,24,25,26,27,28). The zero-order chi connectivity index (χ0) is 20.1. The minimum Gasteiger partial charge on any atom is -0.323 e. The van der Waals surface area contributed by atoms with E-state index in [1.54, 1.807) is 10.5 Å². The molecule has 0 saturated heterocycles. The first-order chi connectivity index (χ1) is 14.8. The minimum atomic E-state index is -0.117. The molecule has 0 radical (unpaired) electrons. The van der Waals surface area contributed by atoms with Crippen molar-refractivity contribution in [2.24, 2.45) is 0 Å². The third-order valence-corrected chi connectivity index (χ3v) is 6.01. The number of benzene rings is 2. The summed E-state index contributed by atoms with van der Waals surface area (Å²) < 4.78 is 1.58. The van der Waals surface area contributed by atoms with Crippen LogP contribution in [0.25, 0.3) is 27.6 Å². The molecule has 7 heteroatoms. The first-order valence-electron chi connectivity index (χ1n) is 10.3. The molecule has 1 saturated carbocycles. The topological polar surface area (TPSA) is 88.0 Å². The molecule has 30 heavy (non-hydrogen) atoms. The van der Waals surface area contributed by atoms with E-state index < -0.39 is 0 Å². The number of nitrogens with one attached hydrogen (secondary N) is 2. The Labute approximate surface area is 171 Å². The molecule has 1 aliphatic carbocycles. The summed E-state index contributed by atoms with van der Waals surface area (Å²) >= 11 is 0. The maximum absolute atomic E-state index is 13.2. The fourth-order valence-electron chi connectivity index (χ4n) is 4.51. The van der Waals surface area contributed by atoms with Crippen molar-refractivity contribution in [3.63, 3.8) is 0 Å². The van der Waals surface area contributed by atoms with Crippen LogP contribution in [0.1, 0.15) is 37.3 Å². The van der Waals surface area contributed by atoms with Crippen molar-refractivity contribution in [2.45, 2.75) is 31.6 Å². The molecule has 148 valence electrons. The van der Waals surface area contributed by atoms with Crippen LogP contribution in [0.4, 0.5) is 11.6 Å². The lowest BCUT2D eigenvalue weighted by atomic mass is 10.0. The van der Waals surface area contributed by atoms with Gasteiger partial charge in [-0.2, -0.15) is 10.1 Å². The summed E-state index contributed by atoms with van der Waals surface area (Å²) in [6, 6.07) is 17.2. The quantitative estimate of drug-likeness (QED) is 0.346. The summed E-state index contributed by atoms with van der Waals surface area (Å²) in [5.74, 6) is 2.28. The molecule has 2 N–H and O–H groups in total. The smallest absolute Gasteiger partial charge is 0.267 e. The molecule has 3 aromatic heterocycles. The second-order valence-electron chi connectivity index (χ2n) is 7.86. The normalized spacial score (nSPS) is 14.8. The van der Waals surface area contributed by atoms with Crippen molar-refractivity contribution in [1.82, 2.24) is 24.6 Å². The van der Waals surface area contributed by atoms with Crippen LogP contribution in [0.15, 0.2) is 59.4 Å². The highest BCUT2D eigenvalue weighted by Crippen LogP contribution is 2.34. The first-order valence-corrected chi connectivity index (χ1v) is 10.3. The molecule has 1 fully saturated rings. The van der Waals surface area contributed by atoms with Crippen LogP contribution < -0.4 is 10.9 Å². The molecule has 0 aliphatic heterocycles. The zero-order valence-corrected chi connectivity index (χ0v) is 16.3. The Morgan fingerprint density at radius 2 is 1.73 bits per heavy atom. The number of aromatic amines is 1. The number of hydrogen-bond donors (Lipinski definition) is 2. The summed E-state index contributed by atoms with van der Waals surface area (Å²) in [7, 11) is 0. The van der Waals surface area contributed by atoms with Crippen molar-refractivity contribution in [3.8, 4) is 0 Å². The summed E-state index contributed by atoms with van der Waals surface area (Å²) in [6.45, 7) is 0. The van der Waals surface area contributed by atoms with Gasteiger partial charge in [0.15, 0.2) is 5.82 Å². The number of nitrogens with zero attached hydrogens (tertiary/aromatic N) is 4. The summed E-state index contributed by atoms with van der Waals surface area (Å²) in [5.41, 5.74) is 2.45. The average Bonchev–Trinajstić information content (AvgIpc) is 3.46. The van der Waals surface area contributed by atoms with Gasteiger partial charge in [-0.3, -0.25) is 9.89 Å². The first kappa shape index (κ1) is 17.1. The Hall–Kier alpha value is -3.74. The second kappa shape index (κ2) is 6.66. The molecule has 0 spiro atoms. The van der Waals surface area contributed by atoms with Crippen molar-refractivity contribution in [1.29, 1.82) is 0 Å². The monoisotopic (exact) mass is 396 g/mol. The van der Waals surface area contributed by atoms with Gasteiger partial charge in [0.05, 0.1) is 16.4 Å². The van der Waals surface area contributed by atoms with E-state index in [0.717, 1.165) is 16.7 Å². The summed E-state index contributed by atoms with van der Waals surface area (Å²) in [6.07, 6.45) is 4.97. The lowest BCUT2D eigenvalue weighted by Gasteiger charge is -2.11. The summed E-state index contributed by atoms with van der Waals surface area (Å²) in [4.78, 5) is 22.5. The number of para-hydroxylation sites is 2. The van der Waals surface area contributed by atoms with Gasteiger partial charge in [0.25, 0.3) is 5.56 Å². The predicted octanol–water partition coefficient (Wildman–Crippen LogP) is 4.52. The van der Waals surface area contributed by atoms with Crippen molar-refractivity contribution in [3.05, 3.63) is 70.6 Å². The molecule has 1 aliphatic rings. The van der Waals surface area contributed by atoms with Gasteiger partial charge >= 0.3 is 0 Å². The third-order valence-electron chi connectivity index (χ3n) is 6.01. The Morgan fingerprint density at radius 1 is 0.967 bits per heavy atom. The largest absolute Gasteiger partial charge is 0.323 e. The van der Waals surface area contributed by atoms with Gasteiger partial charge in [-0.25, -0.2) is 9.38 Å². The number of aromatic nitrogens is 5. The number of rotatable bonds is 3. The van der Waals surface area contributed by atoms with Gasteiger partial charge in [-0.15, -0.1) is 0 Å². The lowest BCUT2D eigenvalue weighted by Crippen LogP contribution is -2.18. The fourth-order valence-corrected chi connectivity index (χ4v) is 4.51. The van der Waals surface area contributed by atoms with E-state index in [1.165, 1.54) is 31.4 Å². The molecule has 5 aromatic rings. The Kier molecular flexibility index (Phi) is 3.80. The molecule has 7 nitrogen and oxygen atoms in total. The Morgan fingerprint density at radius 3 is 2.60 bits per heavy atom. The van der Waals surface area contributed by atoms with Crippen LogP contribution in [0.2, 0.25) is 0 Å². The van der Waals surface area contributed by atoms with Crippen LogP contribution in [0.5, 0.6) is 0 Å². The van der Waals surface area contributed by atoms with Gasteiger partial charge in [0.2, 0.25) is 5.78 Å². The number of H-pyrrole nitrogens is 1. The van der Waals surface area contributed by atoms with Crippen LogP contribution in [-0.2, 0) is 0 Å². The van der Waals surface area contributed by atoms with E-state index in [2.05, 4.69) is 26.6 Å². The van der Waals surface area contributed by atoms with Crippen LogP contribution in [0.3, 0.4) is 0 Å². The van der Waals surface area contributed by atoms with E-state index in [9.17, 15) is 4.79 Å². The van der Waals surface area contributed by atoms with Crippen LogP contribution in [-0.4, -0.2) is 24.6 Å². The molecule has 0 atom stereocenters. The number of anilines is 2. The SMILES string of the molecule is O=c1c2ccccc2nc2nc(Nc3cc(C4CCCC4)[nH]n3)c3ccccc3n12. The maximum Gasteiger partial charge on any atom is 0.267 e. The number of hydrogen-bond acceptors (Lipinski definition) is 5. The van der Waals surface area contributed by atoms with Gasteiger partial charge in [0, 0.05) is 23.1 Å². The van der Waals surface area contributed by atoms with Gasteiger partial charge < -0.3 is 5.32 Å². The van der Waals surface area contributed by atoms with E-state index in [4.69, 9.17) is 4.98 Å². The molecular formula is C23H20N6O. The van der Waals surface area contributed by atoms with Crippen molar-refractivity contribution >= 4 is 39.2 Å². The zero-order valence-electron chi connectivity index (χ0n) is 16.3. The highest BCUT2D eigenvalue weighted by atomic mass is 16.1. The van der Waals surface area contributed by atoms with E-state index >= 15 is 0 Å². The third kappa shape index (κ3) is 2.66. The predicted molar refractivity (Wildman–Crippen MR) is 117 cm³/mol. The summed E-state index contributed by atoms with van der Waals surface area (Å²) in [5, 5.41) is 12.4. The molecule has 2 aromatic carbocycles. The van der Waals surface area contributed by atoms with Crippen molar-refractivity contribution in [2.75, 3.05) is 5.32 Å². The van der Waals surface area contributed by atoms with Crippen LogP contribution in [0, 0.1) is 0 Å². The Bertz CT molecular complexity index is 1460. The molecular weight excluding hydrogens is 376 g/mol. The molecule has 0 amide bonds. The van der Waals surface area contributed by atoms with Gasteiger partial charge in [-0.05, 0) is 37.1 Å². The molecule has 6 rings (SSSR count). The van der Waals surface area contributed by atoms with E-state index in [1.807, 2.05) is 42.5 Å². The van der Waals surface area contributed by atoms with Gasteiger partial charge in [-0.1, -0.05) is 37.1 Å². The lowest BCUT2D eigenvalue weighted by molar-refractivity contribution is 0.693. The number of fused-ring (bicyclic) bond motifs is 4. The fraction of sp³-hybridized carbons (Fsp3) is 0.217. The highest BCUT2D eigenvalue weighted by Gasteiger charge is 2.20. The molecule has 3 heterocycles. The highest BCUT2D eigenvalue weighted by molar-refractivity contribution is 5.93. The average molecular weight is 396 g/mol. The van der Waals surface area contributed by atoms with Crippen LogP contribution >= 0.6 is 0 Å². The van der Waals surface area contributed by atoms with E-state index in [0.29, 0.717) is 28.4 Å². The molecule has 0 bridgehead atoms. The minimum absolute atomic E-state index is 0.117. The molecule has 0 unspecified atom stereocenters. The van der Waals surface area contributed by atoms with Gasteiger partial charge in [0.1, 0.15) is 5.82 Å². The second-order valence-corrected chi connectivity index (χ2v) is 7.86. The van der Waals surface area contributed by atoms with Crippen molar-refractivity contribution < 1.29 is 0 Å².